The Morgan fingerprint density at radius 3 is 2.47 bits per heavy atom. The molecule has 2 nitrogen and oxygen atoms in total. The van der Waals surface area contributed by atoms with Crippen LogP contribution in [0.5, 0.6) is 0 Å². The normalized spacial score (nSPS) is 10.6. The van der Waals surface area contributed by atoms with Gasteiger partial charge in [-0.05, 0) is 44.5 Å². The summed E-state index contributed by atoms with van der Waals surface area (Å²) in [6.45, 7) is 5.37. The van der Waals surface area contributed by atoms with Gasteiger partial charge < -0.3 is 0 Å². The van der Waals surface area contributed by atoms with Crippen molar-refractivity contribution in [3.05, 3.63) is 46.1 Å². The van der Waals surface area contributed by atoms with Crippen LogP contribution in [0.4, 0.5) is 4.39 Å². The van der Waals surface area contributed by atoms with Crippen LogP contribution >= 0.6 is 11.6 Å². The minimum atomic E-state index is -0.219. The first-order valence-corrected chi connectivity index (χ1v) is 5.64. The first-order valence-electron chi connectivity index (χ1n) is 5.26. The maximum absolute atomic E-state index is 13.2. The molecule has 88 valence electrons. The number of nitrogens with zero attached hydrogens (tertiary/aromatic N) is 2. The molecule has 0 spiro atoms. The van der Waals surface area contributed by atoms with E-state index in [1.165, 1.54) is 6.07 Å². The minimum absolute atomic E-state index is 0.219. The van der Waals surface area contributed by atoms with Crippen molar-refractivity contribution in [2.24, 2.45) is 0 Å². The van der Waals surface area contributed by atoms with Crippen molar-refractivity contribution in [1.82, 2.24) is 9.97 Å². The average Bonchev–Trinajstić information content (AvgIpc) is 2.27. The molecule has 0 aliphatic carbocycles. The highest BCUT2D eigenvalue weighted by molar-refractivity contribution is 6.30. The van der Waals surface area contributed by atoms with Crippen LogP contribution in [-0.4, -0.2) is 9.97 Å². The van der Waals surface area contributed by atoms with Crippen molar-refractivity contribution >= 4 is 11.6 Å². The fourth-order valence-corrected chi connectivity index (χ4v) is 1.88. The van der Waals surface area contributed by atoms with E-state index < -0.39 is 0 Å². The molecule has 0 saturated heterocycles. The third-order valence-electron chi connectivity index (χ3n) is 2.63. The first-order chi connectivity index (χ1) is 7.99. The van der Waals surface area contributed by atoms with Gasteiger partial charge >= 0.3 is 0 Å². The Hall–Kier alpha value is -1.48. The molecular formula is C13H12ClFN2. The largest absolute Gasteiger partial charge is 0.233 e. The summed E-state index contributed by atoms with van der Waals surface area (Å²) in [4.78, 5) is 8.44. The van der Waals surface area contributed by atoms with E-state index in [4.69, 9.17) is 11.6 Å². The van der Waals surface area contributed by atoms with Crippen molar-refractivity contribution in [3.8, 4) is 11.3 Å². The molecule has 2 aromatic rings. The van der Waals surface area contributed by atoms with E-state index in [1.807, 2.05) is 6.92 Å². The van der Waals surface area contributed by atoms with Crippen molar-refractivity contribution in [1.29, 1.82) is 0 Å². The average molecular weight is 251 g/mol. The fourth-order valence-electron chi connectivity index (χ4n) is 1.67. The summed E-state index contributed by atoms with van der Waals surface area (Å²) in [6.07, 6.45) is 0. The van der Waals surface area contributed by atoms with Gasteiger partial charge in [-0.25, -0.2) is 14.4 Å². The van der Waals surface area contributed by atoms with Gasteiger partial charge in [-0.15, -0.1) is 0 Å². The van der Waals surface area contributed by atoms with Crippen molar-refractivity contribution in [2.75, 3.05) is 0 Å². The van der Waals surface area contributed by atoms with Crippen molar-refractivity contribution in [3.63, 3.8) is 0 Å². The van der Waals surface area contributed by atoms with Crippen molar-refractivity contribution in [2.45, 2.75) is 20.8 Å². The second-order valence-corrected chi connectivity index (χ2v) is 4.36. The molecule has 4 heteroatoms. The molecular weight excluding hydrogens is 239 g/mol. The summed E-state index contributed by atoms with van der Waals surface area (Å²) in [5, 5.41) is 0.439. The Balaban J connectivity index is 2.64. The number of benzene rings is 1. The summed E-state index contributed by atoms with van der Waals surface area (Å²) in [5.74, 6) is 0.390. The lowest BCUT2D eigenvalue weighted by molar-refractivity contribution is 0.618. The van der Waals surface area contributed by atoms with Crippen LogP contribution in [-0.2, 0) is 0 Å². The van der Waals surface area contributed by atoms with E-state index in [9.17, 15) is 4.39 Å². The number of aryl methyl sites for hydroxylation is 2. The maximum atomic E-state index is 13.2. The molecule has 0 N–H and O–H groups in total. The highest BCUT2D eigenvalue weighted by atomic mass is 35.5. The summed E-state index contributed by atoms with van der Waals surface area (Å²) < 4.78 is 13.2. The van der Waals surface area contributed by atoms with Gasteiger partial charge in [-0.3, -0.25) is 0 Å². The van der Waals surface area contributed by atoms with Crippen LogP contribution < -0.4 is 0 Å². The number of halogens is 2. The predicted molar refractivity (Wildman–Crippen MR) is 66.6 cm³/mol. The van der Waals surface area contributed by atoms with Crippen LogP contribution in [0.15, 0.2) is 18.2 Å². The second-order valence-electron chi connectivity index (χ2n) is 4.00. The zero-order valence-electron chi connectivity index (χ0n) is 9.88. The molecule has 2 rings (SSSR count). The van der Waals surface area contributed by atoms with Gasteiger partial charge in [0.15, 0.2) is 0 Å². The highest BCUT2D eigenvalue weighted by Gasteiger charge is 2.10. The number of hydrogen-bond donors (Lipinski definition) is 0. The molecule has 17 heavy (non-hydrogen) atoms. The third-order valence-corrected chi connectivity index (χ3v) is 3.00. The zero-order chi connectivity index (χ0) is 12.6. The van der Waals surface area contributed by atoms with E-state index in [0.29, 0.717) is 16.5 Å². The van der Waals surface area contributed by atoms with E-state index in [0.717, 1.165) is 16.8 Å². The Bertz CT molecular complexity index is 582. The van der Waals surface area contributed by atoms with Gasteiger partial charge in [0.1, 0.15) is 16.8 Å². The van der Waals surface area contributed by atoms with E-state index in [2.05, 4.69) is 9.97 Å². The third kappa shape index (κ3) is 2.29. The topological polar surface area (TPSA) is 25.8 Å². The summed E-state index contributed by atoms with van der Waals surface area (Å²) >= 11 is 6.01. The molecule has 0 saturated carbocycles. The van der Waals surface area contributed by atoms with Gasteiger partial charge in [0.05, 0.1) is 5.69 Å². The summed E-state index contributed by atoms with van der Waals surface area (Å²) in [5.41, 5.74) is 3.01. The van der Waals surface area contributed by atoms with Gasteiger partial charge in [-0.2, -0.15) is 0 Å². The summed E-state index contributed by atoms with van der Waals surface area (Å²) in [7, 11) is 0. The van der Waals surface area contributed by atoms with E-state index >= 15 is 0 Å². The Kier molecular flexibility index (Phi) is 3.11. The van der Waals surface area contributed by atoms with Gasteiger partial charge in [-0.1, -0.05) is 11.6 Å². The molecule has 1 heterocycles. The lowest BCUT2D eigenvalue weighted by Crippen LogP contribution is -1.97. The first kappa shape index (κ1) is 12.0. The minimum Gasteiger partial charge on any atom is -0.233 e. The van der Waals surface area contributed by atoms with Gasteiger partial charge in [0.25, 0.3) is 0 Å². The number of rotatable bonds is 1. The van der Waals surface area contributed by atoms with Crippen LogP contribution in [0, 0.1) is 26.6 Å². The monoisotopic (exact) mass is 250 g/mol. The van der Waals surface area contributed by atoms with Gasteiger partial charge in [0, 0.05) is 11.1 Å². The lowest BCUT2D eigenvalue weighted by Gasteiger charge is -2.08. The highest BCUT2D eigenvalue weighted by Crippen LogP contribution is 2.26. The fraction of sp³-hybridized carbons (Fsp3) is 0.231. The molecule has 0 amide bonds. The molecule has 0 aliphatic heterocycles. The number of aromatic nitrogens is 2. The van der Waals surface area contributed by atoms with Crippen LogP contribution in [0.1, 0.15) is 17.0 Å². The maximum Gasteiger partial charge on any atom is 0.136 e. The molecule has 1 aromatic carbocycles. The van der Waals surface area contributed by atoms with E-state index in [1.54, 1.807) is 26.0 Å². The Labute approximate surface area is 104 Å². The van der Waals surface area contributed by atoms with Crippen LogP contribution in [0.2, 0.25) is 5.15 Å². The van der Waals surface area contributed by atoms with E-state index in [-0.39, 0.29) is 5.82 Å². The smallest absolute Gasteiger partial charge is 0.136 e. The van der Waals surface area contributed by atoms with Crippen LogP contribution in [0.3, 0.4) is 0 Å². The quantitative estimate of drug-likeness (QED) is 0.718. The molecule has 0 radical (unpaired) electrons. The lowest BCUT2D eigenvalue weighted by atomic mass is 10.1. The summed E-state index contributed by atoms with van der Waals surface area (Å²) in [6, 6.07) is 4.91. The SMILES string of the molecule is Cc1nc(Cl)c(C)c(-c2ccc(F)c(C)c2)n1. The molecule has 1 aromatic heterocycles. The standard InChI is InChI=1S/C13H12ClFN2/c1-7-6-10(4-5-11(7)15)12-8(2)13(14)17-9(3)16-12/h4-6H,1-3H3. The molecule has 0 atom stereocenters. The molecule has 0 bridgehead atoms. The number of hydrogen-bond acceptors (Lipinski definition) is 2. The second kappa shape index (κ2) is 4.41. The Morgan fingerprint density at radius 2 is 1.82 bits per heavy atom. The van der Waals surface area contributed by atoms with Crippen molar-refractivity contribution < 1.29 is 4.39 Å². The molecule has 0 unspecified atom stereocenters. The van der Waals surface area contributed by atoms with Crippen LogP contribution in [0.25, 0.3) is 11.3 Å². The molecule has 0 aliphatic rings. The Morgan fingerprint density at radius 1 is 1.12 bits per heavy atom. The zero-order valence-corrected chi connectivity index (χ0v) is 10.6. The van der Waals surface area contributed by atoms with Gasteiger partial charge in [0.2, 0.25) is 0 Å². The molecule has 0 fully saturated rings. The predicted octanol–water partition coefficient (Wildman–Crippen LogP) is 3.86.